The van der Waals surface area contributed by atoms with E-state index in [2.05, 4.69) is 10.1 Å². The van der Waals surface area contributed by atoms with Gasteiger partial charge in [0.1, 0.15) is 6.04 Å². The number of esters is 1. The van der Waals surface area contributed by atoms with Gasteiger partial charge in [0.15, 0.2) is 0 Å². The third kappa shape index (κ3) is 4.31. The van der Waals surface area contributed by atoms with E-state index < -0.39 is 29.7 Å². The van der Waals surface area contributed by atoms with E-state index in [0.29, 0.717) is 0 Å². The summed E-state index contributed by atoms with van der Waals surface area (Å²) in [6.45, 7) is 1.64. The summed E-state index contributed by atoms with van der Waals surface area (Å²) < 4.78 is 4.58. The number of nitrogens with zero attached hydrogens (tertiary/aromatic N) is 1. The van der Waals surface area contributed by atoms with Gasteiger partial charge in [0, 0.05) is 12.0 Å². The lowest BCUT2D eigenvalue weighted by molar-refractivity contribution is -0.120. The van der Waals surface area contributed by atoms with Crippen molar-refractivity contribution in [3.8, 4) is 6.07 Å². The first-order valence-corrected chi connectivity index (χ1v) is 6.56. The topological polar surface area (TPSA) is 122 Å². The van der Waals surface area contributed by atoms with Crippen LogP contribution in [0.25, 0.3) is 0 Å². The number of hydrogen-bond acceptors (Lipinski definition) is 5. The van der Waals surface area contributed by atoms with Crippen molar-refractivity contribution in [2.45, 2.75) is 19.4 Å². The number of ether oxygens (including phenoxy) is 1. The summed E-state index contributed by atoms with van der Waals surface area (Å²) in [5.41, 5.74) is 5.67. The molecule has 0 unspecified atom stereocenters. The Hall–Kier alpha value is -2.88. The Labute approximate surface area is 128 Å². The molecule has 0 bridgehead atoms. The number of carbonyl (C=O) groups is 3. The van der Waals surface area contributed by atoms with E-state index in [1.54, 1.807) is 6.92 Å². The lowest BCUT2D eigenvalue weighted by atomic mass is 9.98. The predicted molar refractivity (Wildman–Crippen MR) is 77.6 cm³/mol. The second-order valence-corrected chi connectivity index (χ2v) is 4.77. The van der Waals surface area contributed by atoms with Crippen LogP contribution in [0.4, 0.5) is 0 Å². The first kappa shape index (κ1) is 17.2. The van der Waals surface area contributed by atoms with E-state index >= 15 is 0 Å². The van der Waals surface area contributed by atoms with Crippen molar-refractivity contribution in [1.29, 1.82) is 5.26 Å². The maximum absolute atomic E-state index is 12.2. The van der Waals surface area contributed by atoms with Crippen LogP contribution in [0.15, 0.2) is 24.3 Å². The highest BCUT2D eigenvalue weighted by Crippen LogP contribution is 2.11. The van der Waals surface area contributed by atoms with Gasteiger partial charge in [0.05, 0.1) is 18.7 Å². The zero-order valence-electron chi connectivity index (χ0n) is 12.3. The minimum Gasteiger partial charge on any atom is -0.465 e. The van der Waals surface area contributed by atoms with Gasteiger partial charge in [-0.1, -0.05) is 13.0 Å². The standard InChI is InChI=1S/C15H17N3O4/c1-9(6-7-16)12(13(17)19)18-14(20)10-4-3-5-11(8-10)15(21)22-2/h3-5,8-9,12H,6H2,1-2H3,(H2,17,19)(H,18,20)/t9-,12+/m0/s1. The summed E-state index contributed by atoms with van der Waals surface area (Å²) in [7, 11) is 1.24. The van der Waals surface area contributed by atoms with Crippen LogP contribution in [0.1, 0.15) is 34.1 Å². The maximum Gasteiger partial charge on any atom is 0.337 e. The molecular weight excluding hydrogens is 286 g/mol. The van der Waals surface area contributed by atoms with Gasteiger partial charge in [-0.2, -0.15) is 5.26 Å². The molecule has 0 aliphatic rings. The molecule has 7 nitrogen and oxygen atoms in total. The van der Waals surface area contributed by atoms with Gasteiger partial charge in [-0.15, -0.1) is 0 Å². The molecule has 22 heavy (non-hydrogen) atoms. The molecule has 1 aromatic carbocycles. The van der Waals surface area contributed by atoms with Crippen molar-refractivity contribution < 1.29 is 19.1 Å². The van der Waals surface area contributed by atoms with Gasteiger partial charge in [0.2, 0.25) is 5.91 Å². The maximum atomic E-state index is 12.2. The van der Waals surface area contributed by atoms with Gasteiger partial charge in [-0.3, -0.25) is 9.59 Å². The lowest BCUT2D eigenvalue weighted by Crippen LogP contribution is -2.48. The third-order valence-electron chi connectivity index (χ3n) is 3.12. The predicted octanol–water partition coefficient (Wildman–Crippen LogP) is 0.607. The summed E-state index contributed by atoms with van der Waals surface area (Å²) in [5, 5.41) is 11.2. The smallest absolute Gasteiger partial charge is 0.337 e. The summed E-state index contributed by atoms with van der Waals surface area (Å²) in [6.07, 6.45) is 0.0795. The van der Waals surface area contributed by atoms with Crippen LogP contribution < -0.4 is 11.1 Å². The monoisotopic (exact) mass is 303 g/mol. The van der Waals surface area contributed by atoms with Crippen molar-refractivity contribution in [2.75, 3.05) is 7.11 Å². The zero-order valence-corrected chi connectivity index (χ0v) is 12.3. The van der Waals surface area contributed by atoms with Crippen LogP contribution in [0.2, 0.25) is 0 Å². The quantitative estimate of drug-likeness (QED) is 0.745. The molecule has 0 heterocycles. The van der Waals surface area contributed by atoms with Crippen LogP contribution in [0.3, 0.4) is 0 Å². The highest BCUT2D eigenvalue weighted by Gasteiger charge is 2.25. The number of nitriles is 1. The summed E-state index contributed by atoms with van der Waals surface area (Å²) in [5.74, 6) is -2.27. The number of rotatable bonds is 6. The van der Waals surface area contributed by atoms with Crippen molar-refractivity contribution in [3.05, 3.63) is 35.4 Å². The first-order chi connectivity index (χ1) is 10.4. The Morgan fingerprint density at radius 2 is 2.00 bits per heavy atom. The molecule has 0 fully saturated rings. The van der Waals surface area contributed by atoms with E-state index in [1.807, 2.05) is 6.07 Å². The van der Waals surface area contributed by atoms with E-state index in [-0.39, 0.29) is 17.5 Å². The minimum absolute atomic E-state index is 0.0795. The molecule has 2 amide bonds. The Morgan fingerprint density at radius 3 is 2.55 bits per heavy atom. The number of carbonyl (C=O) groups excluding carboxylic acids is 3. The zero-order chi connectivity index (χ0) is 16.7. The Kier molecular flexibility index (Phi) is 6.08. The Balaban J connectivity index is 2.93. The number of amides is 2. The largest absolute Gasteiger partial charge is 0.465 e. The van der Waals surface area contributed by atoms with E-state index in [4.69, 9.17) is 11.0 Å². The molecule has 116 valence electrons. The molecule has 0 aliphatic carbocycles. The molecule has 0 saturated carbocycles. The van der Waals surface area contributed by atoms with Gasteiger partial charge < -0.3 is 15.8 Å². The molecule has 0 aromatic heterocycles. The van der Waals surface area contributed by atoms with E-state index in [1.165, 1.54) is 31.4 Å². The molecule has 0 spiro atoms. The van der Waals surface area contributed by atoms with Crippen LogP contribution in [-0.4, -0.2) is 30.9 Å². The molecule has 1 aromatic rings. The number of nitrogens with two attached hydrogens (primary N) is 1. The number of benzene rings is 1. The van der Waals surface area contributed by atoms with Gasteiger partial charge >= 0.3 is 5.97 Å². The first-order valence-electron chi connectivity index (χ1n) is 6.56. The van der Waals surface area contributed by atoms with Gasteiger partial charge in [-0.05, 0) is 24.1 Å². The number of hydrogen-bond donors (Lipinski definition) is 2. The second-order valence-electron chi connectivity index (χ2n) is 4.77. The van der Waals surface area contributed by atoms with E-state index in [0.717, 1.165) is 0 Å². The molecule has 0 radical (unpaired) electrons. The van der Waals surface area contributed by atoms with Crippen molar-refractivity contribution in [3.63, 3.8) is 0 Å². The van der Waals surface area contributed by atoms with Gasteiger partial charge in [0.25, 0.3) is 5.91 Å². The Morgan fingerprint density at radius 1 is 1.36 bits per heavy atom. The summed E-state index contributed by atoms with van der Waals surface area (Å²) in [6, 6.07) is 6.85. The molecule has 7 heteroatoms. The lowest BCUT2D eigenvalue weighted by Gasteiger charge is -2.20. The molecule has 3 N–H and O–H groups in total. The fourth-order valence-corrected chi connectivity index (χ4v) is 1.89. The van der Waals surface area contributed by atoms with Gasteiger partial charge in [-0.25, -0.2) is 4.79 Å². The summed E-state index contributed by atoms with van der Waals surface area (Å²) in [4.78, 5) is 35.1. The number of primary amides is 1. The molecular formula is C15H17N3O4. The Bertz CT molecular complexity index is 621. The van der Waals surface area contributed by atoms with Crippen molar-refractivity contribution in [1.82, 2.24) is 5.32 Å². The molecule has 0 aliphatic heterocycles. The van der Waals surface area contributed by atoms with Crippen LogP contribution >= 0.6 is 0 Å². The van der Waals surface area contributed by atoms with Crippen molar-refractivity contribution >= 4 is 17.8 Å². The van der Waals surface area contributed by atoms with Crippen LogP contribution in [-0.2, 0) is 9.53 Å². The van der Waals surface area contributed by atoms with Crippen molar-refractivity contribution in [2.24, 2.45) is 11.7 Å². The number of methoxy groups -OCH3 is 1. The average molecular weight is 303 g/mol. The fraction of sp³-hybridized carbons (Fsp3) is 0.333. The highest BCUT2D eigenvalue weighted by molar-refractivity contribution is 5.99. The second kappa shape index (κ2) is 7.78. The SMILES string of the molecule is COC(=O)c1cccc(C(=O)N[C@@H](C(N)=O)[C@@H](C)CC#N)c1. The fourth-order valence-electron chi connectivity index (χ4n) is 1.89. The van der Waals surface area contributed by atoms with Crippen LogP contribution in [0, 0.1) is 17.2 Å². The van der Waals surface area contributed by atoms with E-state index in [9.17, 15) is 14.4 Å². The normalized spacial score (nSPS) is 12.6. The summed E-state index contributed by atoms with van der Waals surface area (Å²) >= 11 is 0. The highest BCUT2D eigenvalue weighted by atomic mass is 16.5. The number of nitrogens with one attached hydrogen (secondary N) is 1. The molecule has 2 atom stereocenters. The third-order valence-corrected chi connectivity index (χ3v) is 3.12. The molecule has 0 saturated heterocycles. The minimum atomic E-state index is -0.964. The molecule has 1 rings (SSSR count). The average Bonchev–Trinajstić information content (AvgIpc) is 2.51. The van der Waals surface area contributed by atoms with Crippen LogP contribution in [0.5, 0.6) is 0 Å².